The van der Waals surface area contributed by atoms with E-state index in [1.807, 2.05) is 66.4 Å². The average Bonchev–Trinajstić information content (AvgIpc) is 2.67. The van der Waals surface area contributed by atoms with Crippen molar-refractivity contribution in [2.45, 2.75) is 12.5 Å². The van der Waals surface area contributed by atoms with Gasteiger partial charge in [0.2, 0.25) is 0 Å². The van der Waals surface area contributed by atoms with Crippen molar-refractivity contribution in [3.8, 4) is 5.75 Å². The number of hydrogen-bond donors (Lipinski definition) is 0. The summed E-state index contributed by atoms with van der Waals surface area (Å²) in [6.07, 6.45) is 0.752. The van der Waals surface area contributed by atoms with Crippen molar-refractivity contribution in [1.29, 1.82) is 0 Å². The number of morpholine rings is 1. The monoisotopic (exact) mass is 354 g/mol. The van der Waals surface area contributed by atoms with E-state index in [1.165, 1.54) is 0 Å². The van der Waals surface area contributed by atoms with E-state index < -0.39 is 0 Å². The van der Waals surface area contributed by atoms with Crippen LogP contribution in [0.2, 0.25) is 0 Å². The average molecular weight is 354 g/mol. The fourth-order valence-corrected chi connectivity index (χ4v) is 3.30. The molecule has 0 saturated carbocycles. The van der Waals surface area contributed by atoms with Crippen molar-refractivity contribution in [1.82, 2.24) is 4.90 Å². The second-order valence-electron chi connectivity index (χ2n) is 6.71. The van der Waals surface area contributed by atoms with E-state index in [1.54, 1.807) is 7.11 Å². The highest BCUT2D eigenvalue weighted by atomic mass is 16.5. The quantitative estimate of drug-likeness (QED) is 0.828. The molecule has 5 nitrogen and oxygen atoms in total. The zero-order chi connectivity index (χ0) is 18.5. The van der Waals surface area contributed by atoms with Gasteiger partial charge in [-0.25, -0.2) is 0 Å². The van der Waals surface area contributed by atoms with Crippen LogP contribution in [0.5, 0.6) is 5.75 Å². The number of nitrogens with zero attached hydrogens (tertiary/aromatic N) is 2. The Morgan fingerprint density at radius 3 is 2.81 bits per heavy atom. The summed E-state index contributed by atoms with van der Waals surface area (Å²) < 4.78 is 11.2. The van der Waals surface area contributed by atoms with Gasteiger partial charge in [-0.05, 0) is 29.8 Å². The van der Waals surface area contributed by atoms with Gasteiger partial charge in [-0.15, -0.1) is 0 Å². The van der Waals surface area contributed by atoms with E-state index in [-0.39, 0.29) is 12.0 Å². The molecule has 0 bridgehead atoms. The number of anilines is 1. The van der Waals surface area contributed by atoms with Gasteiger partial charge in [-0.1, -0.05) is 24.3 Å². The summed E-state index contributed by atoms with van der Waals surface area (Å²) in [5.74, 6) is 0.902. The minimum Gasteiger partial charge on any atom is -0.497 e. The van der Waals surface area contributed by atoms with Crippen LogP contribution in [0.4, 0.5) is 5.69 Å². The van der Waals surface area contributed by atoms with Gasteiger partial charge in [-0.2, -0.15) is 0 Å². The molecule has 0 unspecified atom stereocenters. The molecule has 0 aromatic heterocycles. The summed E-state index contributed by atoms with van der Waals surface area (Å²) in [6, 6.07) is 15.7. The third kappa shape index (κ3) is 4.17. The largest absolute Gasteiger partial charge is 0.497 e. The minimum absolute atomic E-state index is 0.00803. The Bertz CT molecular complexity index is 760. The molecule has 3 rings (SSSR count). The van der Waals surface area contributed by atoms with Crippen LogP contribution in [0.3, 0.4) is 0 Å². The molecule has 0 radical (unpaired) electrons. The van der Waals surface area contributed by atoms with E-state index in [2.05, 4.69) is 6.07 Å². The maximum atomic E-state index is 13.0. The van der Waals surface area contributed by atoms with Gasteiger partial charge >= 0.3 is 0 Å². The van der Waals surface area contributed by atoms with Gasteiger partial charge in [0.05, 0.1) is 25.4 Å². The highest BCUT2D eigenvalue weighted by molar-refractivity contribution is 5.99. The summed E-state index contributed by atoms with van der Waals surface area (Å²) >= 11 is 0. The van der Waals surface area contributed by atoms with E-state index in [0.29, 0.717) is 19.7 Å². The molecule has 26 heavy (non-hydrogen) atoms. The fraction of sp³-hybridized carbons (Fsp3) is 0.381. The molecule has 2 aromatic carbocycles. The Labute approximate surface area is 155 Å². The molecule has 138 valence electrons. The molecule has 1 aliphatic rings. The lowest BCUT2D eigenvalue weighted by molar-refractivity contribution is -0.0208. The number of hydrogen-bond acceptors (Lipinski definition) is 4. The number of benzene rings is 2. The number of ether oxygens (including phenoxy) is 2. The topological polar surface area (TPSA) is 42.0 Å². The summed E-state index contributed by atoms with van der Waals surface area (Å²) in [6.45, 7) is 1.78. The summed E-state index contributed by atoms with van der Waals surface area (Å²) in [5.41, 5.74) is 2.82. The second-order valence-corrected chi connectivity index (χ2v) is 6.71. The van der Waals surface area contributed by atoms with Gasteiger partial charge in [-0.3, -0.25) is 4.79 Å². The SMILES string of the molecule is COc1cccc(C[C@H]2CN(C(=O)c3ccccc3N(C)C)CCO2)c1. The van der Waals surface area contributed by atoms with Crippen LogP contribution >= 0.6 is 0 Å². The molecular weight excluding hydrogens is 328 g/mol. The van der Waals surface area contributed by atoms with E-state index in [9.17, 15) is 4.79 Å². The lowest BCUT2D eigenvalue weighted by Gasteiger charge is -2.34. The van der Waals surface area contributed by atoms with Crippen molar-refractivity contribution in [2.24, 2.45) is 0 Å². The lowest BCUT2D eigenvalue weighted by atomic mass is 10.1. The normalized spacial score (nSPS) is 17.0. The Balaban J connectivity index is 1.71. The predicted octanol–water partition coefficient (Wildman–Crippen LogP) is 2.84. The lowest BCUT2D eigenvalue weighted by Crippen LogP contribution is -2.46. The zero-order valence-electron chi connectivity index (χ0n) is 15.6. The first-order chi connectivity index (χ1) is 12.6. The summed E-state index contributed by atoms with van der Waals surface area (Å²) in [4.78, 5) is 16.9. The van der Waals surface area contributed by atoms with Crippen molar-refractivity contribution >= 4 is 11.6 Å². The van der Waals surface area contributed by atoms with Gasteiger partial charge in [0, 0.05) is 39.3 Å². The van der Waals surface area contributed by atoms with Crippen LogP contribution in [0, 0.1) is 0 Å². The Hall–Kier alpha value is -2.53. The Morgan fingerprint density at radius 2 is 2.04 bits per heavy atom. The van der Waals surface area contributed by atoms with Gasteiger partial charge in [0.1, 0.15) is 5.75 Å². The first-order valence-electron chi connectivity index (χ1n) is 8.88. The van der Waals surface area contributed by atoms with Crippen LogP contribution < -0.4 is 9.64 Å². The molecule has 0 spiro atoms. The maximum Gasteiger partial charge on any atom is 0.256 e. The molecular formula is C21H26N2O3. The smallest absolute Gasteiger partial charge is 0.256 e. The van der Waals surface area contributed by atoms with E-state index in [0.717, 1.165) is 29.0 Å². The number of rotatable bonds is 5. The second kappa shape index (κ2) is 8.23. The Kier molecular flexibility index (Phi) is 5.78. The van der Waals surface area contributed by atoms with Crippen LogP contribution in [0.15, 0.2) is 48.5 Å². The summed E-state index contributed by atoms with van der Waals surface area (Å²) in [5, 5.41) is 0. The van der Waals surface area contributed by atoms with Crippen molar-refractivity contribution in [3.63, 3.8) is 0 Å². The number of methoxy groups -OCH3 is 1. The number of para-hydroxylation sites is 1. The molecule has 1 aliphatic heterocycles. The fourth-order valence-electron chi connectivity index (χ4n) is 3.30. The third-order valence-electron chi connectivity index (χ3n) is 4.64. The first-order valence-corrected chi connectivity index (χ1v) is 8.88. The molecule has 2 aromatic rings. The molecule has 1 amide bonds. The predicted molar refractivity (Wildman–Crippen MR) is 103 cm³/mol. The molecule has 1 saturated heterocycles. The van der Waals surface area contributed by atoms with Crippen LogP contribution in [-0.4, -0.2) is 57.8 Å². The zero-order valence-corrected chi connectivity index (χ0v) is 15.6. The van der Waals surface area contributed by atoms with E-state index in [4.69, 9.17) is 9.47 Å². The van der Waals surface area contributed by atoms with Crippen LogP contribution in [0.25, 0.3) is 0 Å². The minimum atomic E-state index is -0.00803. The first kappa shape index (κ1) is 18.3. The molecule has 1 atom stereocenters. The maximum absolute atomic E-state index is 13.0. The highest BCUT2D eigenvalue weighted by Crippen LogP contribution is 2.22. The Morgan fingerprint density at radius 1 is 1.23 bits per heavy atom. The molecule has 0 aliphatic carbocycles. The van der Waals surface area contributed by atoms with E-state index >= 15 is 0 Å². The van der Waals surface area contributed by atoms with Crippen LogP contribution in [-0.2, 0) is 11.2 Å². The van der Waals surface area contributed by atoms with Crippen molar-refractivity contribution < 1.29 is 14.3 Å². The molecule has 5 heteroatoms. The molecule has 0 N–H and O–H groups in total. The van der Waals surface area contributed by atoms with Gasteiger partial charge in [0.15, 0.2) is 0 Å². The van der Waals surface area contributed by atoms with Crippen LogP contribution in [0.1, 0.15) is 15.9 Å². The van der Waals surface area contributed by atoms with Gasteiger partial charge in [0.25, 0.3) is 5.91 Å². The van der Waals surface area contributed by atoms with Crippen molar-refractivity contribution in [2.75, 3.05) is 45.8 Å². The molecule has 1 heterocycles. The number of amides is 1. The number of carbonyl (C=O) groups is 1. The molecule has 1 fully saturated rings. The highest BCUT2D eigenvalue weighted by Gasteiger charge is 2.26. The standard InChI is InChI=1S/C21H26N2O3/c1-22(2)20-10-5-4-9-19(20)21(24)23-11-12-26-18(15-23)14-16-7-6-8-17(13-16)25-3/h4-10,13,18H,11-12,14-15H2,1-3H3/t18-/m0/s1. The third-order valence-corrected chi connectivity index (χ3v) is 4.64. The van der Waals surface area contributed by atoms with Crippen molar-refractivity contribution in [3.05, 3.63) is 59.7 Å². The summed E-state index contributed by atoms with van der Waals surface area (Å²) in [7, 11) is 5.58. The number of carbonyl (C=O) groups excluding carboxylic acids is 1. The van der Waals surface area contributed by atoms with Gasteiger partial charge < -0.3 is 19.3 Å².